The highest BCUT2D eigenvalue weighted by Gasteiger charge is 2.52. The summed E-state index contributed by atoms with van der Waals surface area (Å²) in [7, 11) is -4.20. The number of anilines is 1. The van der Waals surface area contributed by atoms with Crippen LogP contribution in [0.15, 0.2) is 66.7 Å². The van der Waals surface area contributed by atoms with Crippen molar-refractivity contribution in [2.24, 2.45) is 11.7 Å². The minimum Gasteiger partial charge on any atom is -0.370 e. The van der Waals surface area contributed by atoms with Gasteiger partial charge in [0.1, 0.15) is 17.9 Å². The Morgan fingerprint density at radius 1 is 0.956 bits per heavy atom. The van der Waals surface area contributed by atoms with Crippen molar-refractivity contribution < 1.29 is 31.5 Å². The van der Waals surface area contributed by atoms with Crippen LogP contribution in [0.2, 0.25) is 10.0 Å². The molecule has 4 atom stereocenters. The van der Waals surface area contributed by atoms with Crippen LogP contribution in [0.25, 0.3) is 0 Å². The van der Waals surface area contributed by atoms with Gasteiger partial charge in [-0.1, -0.05) is 53.5 Å². The molecule has 2 amide bonds. The minimum absolute atomic E-state index is 0.192. The van der Waals surface area contributed by atoms with Crippen LogP contribution in [0, 0.1) is 17.6 Å². The number of nitrogens with zero attached hydrogens (tertiary/aromatic N) is 2. The fourth-order valence-corrected chi connectivity index (χ4v) is 8.30. The fraction of sp³-hybridized carbons (Fsp3) is 0.375. The molecule has 4 unspecified atom stereocenters. The molecule has 1 aliphatic heterocycles. The second kappa shape index (κ2) is 12.5. The van der Waals surface area contributed by atoms with Crippen molar-refractivity contribution in [3.05, 3.63) is 99.5 Å². The number of primary amides is 1. The van der Waals surface area contributed by atoms with E-state index in [9.17, 15) is 18.0 Å². The number of sulfonamides is 1. The maximum Gasteiger partial charge on any atom is 0.253 e. The molecule has 2 aliphatic carbocycles. The molecule has 2 saturated carbocycles. The third-order valence-electron chi connectivity index (χ3n) is 8.52. The number of carbonyl (C=O) groups excluding carboxylic acids is 2. The first-order valence-corrected chi connectivity index (χ1v) is 16.9. The van der Waals surface area contributed by atoms with Crippen LogP contribution in [-0.4, -0.2) is 49.1 Å². The molecule has 0 bridgehead atoms. The molecule has 1 heterocycles. The number of hydrogen-bond acceptors (Lipinski definition) is 5. The summed E-state index contributed by atoms with van der Waals surface area (Å²) in [6, 6.07) is 15.2. The molecule has 3 aromatic rings. The van der Waals surface area contributed by atoms with E-state index in [0.29, 0.717) is 46.9 Å². The van der Waals surface area contributed by atoms with Crippen molar-refractivity contribution in [2.45, 2.75) is 61.6 Å². The summed E-state index contributed by atoms with van der Waals surface area (Å²) >= 11 is 12.6. The Balaban J connectivity index is 1.52. The van der Waals surface area contributed by atoms with E-state index in [-0.39, 0.29) is 5.92 Å². The van der Waals surface area contributed by atoms with Gasteiger partial charge in [0.2, 0.25) is 15.9 Å². The molecule has 1 saturated heterocycles. The number of morpholine rings is 1. The lowest BCUT2D eigenvalue weighted by atomic mass is 9.89. The van der Waals surface area contributed by atoms with Gasteiger partial charge in [-0.3, -0.25) is 13.9 Å². The maximum atomic E-state index is 15.3. The lowest BCUT2D eigenvalue weighted by Crippen LogP contribution is -2.59. The average Bonchev–Trinajstić information content (AvgIpc) is 3.90. The van der Waals surface area contributed by atoms with E-state index in [1.54, 1.807) is 48.5 Å². The molecule has 0 aromatic heterocycles. The Morgan fingerprint density at radius 3 is 2.18 bits per heavy atom. The summed E-state index contributed by atoms with van der Waals surface area (Å²) in [6.07, 6.45) is -0.552. The first-order valence-electron chi connectivity index (χ1n) is 14.7. The molecule has 3 aliphatic rings. The van der Waals surface area contributed by atoms with Crippen LogP contribution in [-0.2, 0) is 24.3 Å². The normalized spacial score (nSPS) is 22.7. The van der Waals surface area contributed by atoms with Gasteiger partial charge in [0.05, 0.1) is 30.3 Å². The van der Waals surface area contributed by atoms with E-state index in [1.807, 2.05) is 0 Å². The largest absolute Gasteiger partial charge is 0.370 e. The number of nitrogens with two attached hydrogens (primary N) is 1. The lowest BCUT2D eigenvalue weighted by Gasteiger charge is -2.49. The number of ether oxygens (including phenoxy) is 1. The molecule has 45 heavy (non-hydrogen) atoms. The van der Waals surface area contributed by atoms with Gasteiger partial charge >= 0.3 is 0 Å². The number of para-hydroxylation sites is 1. The highest BCUT2D eigenvalue weighted by molar-refractivity contribution is 7.93. The summed E-state index contributed by atoms with van der Waals surface area (Å²) in [5, 5.41) is 0.0803. The van der Waals surface area contributed by atoms with Gasteiger partial charge in [-0.2, -0.15) is 0 Å². The summed E-state index contributed by atoms with van der Waals surface area (Å²) < 4.78 is 65.4. The Kier molecular flexibility index (Phi) is 8.82. The van der Waals surface area contributed by atoms with Crippen LogP contribution in [0.1, 0.15) is 55.4 Å². The second-order valence-corrected chi connectivity index (χ2v) is 14.8. The van der Waals surface area contributed by atoms with E-state index >= 15 is 8.78 Å². The van der Waals surface area contributed by atoms with E-state index < -0.39 is 81.7 Å². The van der Waals surface area contributed by atoms with Crippen LogP contribution in [0.5, 0.6) is 0 Å². The van der Waals surface area contributed by atoms with Gasteiger partial charge in [0.15, 0.2) is 11.6 Å². The van der Waals surface area contributed by atoms with Crippen molar-refractivity contribution >= 4 is 50.7 Å². The summed E-state index contributed by atoms with van der Waals surface area (Å²) in [6.45, 7) is -0.400. The number of benzene rings is 3. The second-order valence-electron chi connectivity index (χ2n) is 11.8. The number of hydrogen-bond donors (Lipinski definition) is 1. The van der Waals surface area contributed by atoms with Gasteiger partial charge in [-0.05, 0) is 79.1 Å². The maximum absolute atomic E-state index is 15.3. The third kappa shape index (κ3) is 6.54. The van der Waals surface area contributed by atoms with Crippen molar-refractivity contribution in [3.8, 4) is 0 Å². The van der Waals surface area contributed by atoms with Crippen LogP contribution in [0.4, 0.5) is 14.5 Å². The fourth-order valence-electron chi connectivity index (χ4n) is 6.10. The van der Waals surface area contributed by atoms with Gasteiger partial charge in [-0.15, -0.1) is 0 Å². The van der Waals surface area contributed by atoms with Crippen molar-refractivity contribution in [1.82, 2.24) is 4.90 Å². The SMILES string of the molecule is NC(=O)CC1OC(c2cccc(Cl)c2)C(c2ccc(Cl)cc2)N(C(CN(c2c(F)cccc2F)S(=O)(=O)C2CC2)C2CC2)C1=O. The van der Waals surface area contributed by atoms with Gasteiger partial charge in [-0.25, -0.2) is 17.2 Å². The molecule has 3 fully saturated rings. The summed E-state index contributed by atoms with van der Waals surface area (Å²) in [5.74, 6) is -3.60. The van der Waals surface area contributed by atoms with Gasteiger partial charge in [0.25, 0.3) is 5.91 Å². The van der Waals surface area contributed by atoms with Crippen LogP contribution >= 0.6 is 23.2 Å². The van der Waals surface area contributed by atoms with Crippen molar-refractivity contribution in [1.29, 1.82) is 0 Å². The molecule has 0 spiro atoms. The first kappa shape index (κ1) is 31.7. The highest BCUT2D eigenvalue weighted by Crippen LogP contribution is 2.49. The molecule has 6 rings (SSSR count). The van der Waals surface area contributed by atoms with E-state index in [4.69, 9.17) is 33.7 Å². The monoisotopic (exact) mass is 677 g/mol. The topological polar surface area (TPSA) is 110 Å². The Morgan fingerprint density at radius 2 is 1.60 bits per heavy atom. The zero-order valence-corrected chi connectivity index (χ0v) is 26.3. The Bertz CT molecular complexity index is 1700. The molecule has 0 radical (unpaired) electrons. The predicted molar refractivity (Wildman–Crippen MR) is 166 cm³/mol. The standard InChI is InChI=1S/C32H31Cl2F2N3O5S/c33-21-11-9-19(10-12-21)29-31(20-3-1-4-22(34)15-20)44-27(16-28(37)40)32(41)39(29)26(18-7-8-18)17-38(45(42,43)23-13-14-23)30-24(35)5-2-6-25(30)36/h1-6,9-12,15,18,23,26-27,29,31H,7-8,13-14,16-17H2,(H2,37,40). The van der Waals surface area contributed by atoms with Gasteiger partial charge in [0, 0.05) is 10.0 Å². The number of rotatable bonds is 11. The predicted octanol–water partition coefficient (Wildman–Crippen LogP) is 5.93. The Hall–Kier alpha value is -3.25. The number of carbonyl (C=O) groups is 2. The quantitative estimate of drug-likeness (QED) is 0.270. The average molecular weight is 679 g/mol. The van der Waals surface area contributed by atoms with E-state index in [2.05, 4.69) is 0 Å². The van der Waals surface area contributed by atoms with E-state index in [1.165, 1.54) is 11.0 Å². The smallest absolute Gasteiger partial charge is 0.253 e. The van der Waals surface area contributed by atoms with Crippen molar-refractivity contribution in [2.75, 3.05) is 10.8 Å². The lowest BCUT2D eigenvalue weighted by molar-refractivity contribution is -0.181. The molecular formula is C32H31Cl2F2N3O5S. The zero-order chi connectivity index (χ0) is 32.0. The van der Waals surface area contributed by atoms with Gasteiger partial charge < -0.3 is 15.4 Å². The van der Waals surface area contributed by atoms with Crippen LogP contribution < -0.4 is 10.0 Å². The molecule has 2 N–H and O–H groups in total. The summed E-state index contributed by atoms with van der Waals surface area (Å²) in [5.41, 5.74) is 6.08. The van der Waals surface area contributed by atoms with Crippen molar-refractivity contribution in [3.63, 3.8) is 0 Å². The first-order chi connectivity index (χ1) is 21.5. The highest BCUT2D eigenvalue weighted by atomic mass is 35.5. The zero-order valence-electron chi connectivity index (χ0n) is 24.0. The van der Waals surface area contributed by atoms with E-state index in [0.717, 1.165) is 16.4 Å². The number of amides is 2. The van der Waals surface area contributed by atoms with Crippen LogP contribution in [0.3, 0.4) is 0 Å². The molecule has 13 heteroatoms. The summed E-state index contributed by atoms with van der Waals surface area (Å²) in [4.78, 5) is 28.1. The third-order valence-corrected chi connectivity index (χ3v) is 11.3. The Labute approximate surface area is 270 Å². The molecule has 8 nitrogen and oxygen atoms in total. The molecule has 238 valence electrons. The molecule has 3 aromatic carbocycles. The number of halogens is 4. The molecular weight excluding hydrogens is 647 g/mol. The minimum atomic E-state index is -4.20.